The van der Waals surface area contributed by atoms with Crippen molar-refractivity contribution in [2.75, 3.05) is 6.54 Å². The van der Waals surface area contributed by atoms with Crippen molar-refractivity contribution in [3.63, 3.8) is 0 Å². The molecule has 5 rings (SSSR count). The number of hydroxylamine groups is 2. The molecule has 0 unspecified atom stereocenters. The monoisotopic (exact) mass is 573 g/mol. The van der Waals surface area contributed by atoms with Crippen LogP contribution < -0.4 is 0 Å². The predicted octanol–water partition coefficient (Wildman–Crippen LogP) is 3.77. The fourth-order valence-electron chi connectivity index (χ4n) is 6.53. The number of benzene rings is 1. The van der Waals surface area contributed by atoms with E-state index in [1.807, 2.05) is 18.2 Å². The number of carbonyl (C=O) groups is 5. The zero-order valence-electron chi connectivity index (χ0n) is 22.5. The van der Waals surface area contributed by atoms with Crippen molar-refractivity contribution in [2.24, 2.45) is 23.7 Å². The second-order valence-corrected chi connectivity index (χ2v) is 12.1. The van der Waals surface area contributed by atoms with Crippen molar-refractivity contribution in [1.29, 1.82) is 0 Å². The lowest BCUT2D eigenvalue weighted by molar-refractivity contribution is -0.197. The summed E-state index contributed by atoms with van der Waals surface area (Å²) in [7, 11) is 0. The van der Waals surface area contributed by atoms with E-state index in [0.717, 1.165) is 20.4 Å². The number of ether oxygens (including phenoxy) is 1. The number of aliphatic carboxylic acids is 1. The molecule has 0 aromatic heterocycles. The molecule has 2 bridgehead atoms. The normalized spacial score (nSPS) is 30.9. The zero-order valence-corrected chi connectivity index (χ0v) is 23.2. The fourth-order valence-corrected chi connectivity index (χ4v) is 6.71. The van der Waals surface area contributed by atoms with E-state index < -0.39 is 64.9 Å². The number of carboxylic acid groups (broad SMARTS) is 1. The van der Waals surface area contributed by atoms with Crippen LogP contribution in [0, 0.1) is 23.7 Å². The molecule has 1 saturated carbocycles. The molecule has 3 fully saturated rings. The third-order valence-electron chi connectivity index (χ3n) is 8.18. The number of nitrogens with zero attached hydrogens (tertiary/aromatic N) is 3. The molecule has 0 radical (unpaired) electrons. The van der Waals surface area contributed by atoms with Gasteiger partial charge in [-0.15, -0.1) is 0 Å². The minimum Gasteiger partial charge on any atom is -0.478 e. The first-order valence-corrected chi connectivity index (χ1v) is 13.7. The Labute approximate surface area is 236 Å². The second kappa shape index (κ2) is 10.2. The number of rotatable bonds is 6. The summed E-state index contributed by atoms with van der Waals surface area (Å²) in [6.07, 6.45) is 3.08. The van der Waals surface area contributed by atoms with Gasteiger partial charge in [0.25, 0.3) is 0 Å². The van der Waals surface area contributed by atoms with Crippen molar-refractivity contribution in [3.05, 3.63) is 48.0 Å². The van der Waals surface area contributed by atoms with E-state index in [1.54, 1.807) is 45.0 Å². The molecule has 40 heavy (non-hydrogen) atoms. The van der Waals surface area contributed by atoms with Gasteiger partial charge in [0.05, 0.1) is 17.9 Å². The first-order chi connectivity index (χ1) is 18.8. The lowest BCUT2D eigenvalue weighted by atomic mass is 9.85. The van der Waals surface area contributed by atoms with E-state index in [0.29, 0.717) is 6.42 Å². The van der Waals surface area contributed by atoms with E-state index in [4.69, 9.17) is 21.2 Å². The highest BCUT2D eigenvalue weighted by molar-refractivity contribution is 6.62. The number of piperidine rings is 1. The van der Waals surface area contributed by atoms with Crippen LogP contribution in [0.5, 0.6) is 0 Å². The van der Waals surface area contributed by atoms with Gasteiger partial charge in [0.1, 0.15) is 12.2 Å². The number of likely N-dealkylation sites (tertiary alicyclic amines) is 2. The first kappa shape index (κ1) is 28.1. The van der Waals surface area contributed by atoms with Crippen LogP contribution >= 0.6 is 11.6 Å². The molecule has 2 aliphatic carbocycles. The highest BCUT2D eigenvalue weighted by atomic mass is 35.5. The van der Waals surface area contributed by atoms with Gasteiger partial charge < -0.3 is 9.84 Å². The fraction of sp³-hybridized carbons (Fsp3) is 0.536. The minimum atomic E-state index is -2.34. The molecule has 6 atom stereocenters. The maximum atomic E-state index is 13.8. The molecule has 2 heterocycles. The smallest absolute Gasteiger partial charge is 0.412 e. The molecule has 1 N–H and O–H groups in total. The highest BCUT2D eigenvalue weighted by Gasteiger charge is 2.68. The molecule has 1 aromatic carbocycles. The quantitative estimate of drug-likeness (QED) is 0.179. The van der Waals surface area contributed by atoms with Crippen molar-refractivity contribution < 1.29 is 38.7 Å². The summed E-state index contributed by atoms with van der Waals surface area (Å²) in [5.74, 6) is -4.36. The van der Waals surface area contributed by atoms with Crippen molar-refractivity contribution in [1.82, 2.24) is 14.9 Å². The maximum Gasteiger partial charge on any atom is 0.412 e. The van der Waals surface area contributed by atoms with Crippen LogP contribution in [0.15, 0.2) is 42.5 Å². The molecule has 4 aliphatic rings. The van der Waals surface area contributed by atoms with Gasteiger partial charge in [-0.3, -0.25) is 24.1 Å². The summed E-state index contributed by atoms with van der Waals surface area (Å²) in [5.41, 5.74) is -2.59. The van der Waals surface area contributed by atoms with E-state index in [9.17, 15) is 29.1 Å². The van der Waals surface area contributed by atoms with Crippen LogP contribution in [-0.2, 0) is 30.6 Å². The average molecular weight is 574 g/mol. The molecule has 11 nitrogen and oxygen atoms in total. The first-order valence-electron chi connectivity index (χ1n) is 13.3. The number of carboxylic acids is 1. The lowest BCUT2D eigenvalue weighted by Crippen LogP contribution is -2.73. The SMILES string of the molecule is CC(C)(C)OC(=O)N1C[C@H](N(OCc2ccccc2)C(=O)Cl)CC[C@]1(C(=O)O)N1C(=O)[C@@H]2[C@H](C1=O)[C@@H]1C=C[C@H]2C1. The summed E-state index contributed by atoms with van der Waals surface area (Å²) in [6.45, 7) is 4.45. The molecule has 0 spiro atoms. The summed E-state index contributed by atoms with van der Waals surface area (Å²) >= 11 is 5.87. The number of amides is 4. The van der Waals surface area contributed by atoms with E-state index >= 15 is 0 Å². The average Bonchev–Trinajstić information content (AvgIpc) is 3.57. The molecule has 1 aromatic rings. The van der Waals surface area contributed by atoms with Crippen LogP contribution in [0.4, 0.5) is 9.59 Å². The molecule has 2 saturated heterocycles. The Hall–Kier alpha value is -3.44. The standard InChI is InChI=1S/C28H32ClN3O8/c1-27(2,3)40-26(38)30-14-19(32(25(29)37)39-15-16-7-5-4-6-8-16)11-12-28(30,24(35)36)31-22(33)20-17-9-10-18(13-17)21(20)23(31)34/h4-10,17-21H,11-15H2,1-3H3,(H,35,36)/t17-,18+,19-,20-,21+,28-/m1/s1. The van der Waals surface area contributed by atoms with E-state index in [-0.39, 0.29) is 31.3 Å². The summed E-state index contributed by atoms with van der Waals surface area (Å²) in [6, 6.07) is 8.15. The summed E-state index contributed by atoms with van der Waals surface area (Å²) in [5, 5.41) is 10.6. The van der Waals surface area contributed by atoms with Crippen molar-refractivity contribution in [3.8, 4) is 0 Å². The van der Waals surface area contributed by atoms with Crippen LogP contribution in [0.2, 0.25) is 0 Å². The van der Waals surface area contributed by atoms with Crippen LogP contribution in [-0.4, -0.2) is 73.1 Å². The third kappa shape index (κ3) is 4.64. The number of fused-ring (bicyclic) bond motifs is 5. The Morgan fingerprint density at radius 2 is 1.68 bits per heavy atom. The number of hydrogen-bond donors (Lipinski definition) is 1. The van der Waals surface area contributed by atoms with Crippen LogP contribution in [0.1, 0.15) is 45.6 Å². The Balaban J connectivity index is 1.49. The number of halogens is 1. The van der Waals surface area contributed by atoms with Gasteiger partial charge in [0, 0.05) is 13.0 Å². The zero-order chi connectivity index (χ0) is 29.0. The Kier molecular flexibility index (Phi) is 7.16. The van der Waals surface area contributed by atoms with Gasteiger partial charge in [0.2, 0.25) is 17.5 Å². The van der Waals surface area contributed by atoms with Crippen LogP contribution in [0.25, 0.3) is 0 Å². The number of allylic oxidation sites excluding steroid dienone is 2. The Morgan fingerprint density at radius 1 is 1.07 bits per heavy atom. The second-order valence-electron chi connectivity index (χ2n) is 11.8. The maximum absolute atomic E-state index is 13.8. The largest absolute Gasteiger partial charge is 0.478 e. The molecule has 214 valence electrons. The molecule has 12 heteroatoms. The van der Waals surface area contributed by atoms with Crippen molar-refractivity contribution in [2.45, 2.75) is 63.9 Å². The van der Waals surface area contributed by atoms with Crippen LogP contribution in [0.3, 0.4) is 0 Å². The van der Waals surface area contributed by atoms with Crippen molar-refractivity contribution >= 4 is 40.8 Å². The summed E-state index contributed by atoms with van der Waals surface area (Å²) < 4.78 is 5.56. The molecule has 2 aliphatic heterocycles. The van der Waals surface area contributed by atoms with Gasteiger partial charge in [-0.1, -0.05) is 42.5 Å². The molecular weight excluding hydrogens is 542 g/mol. The van der Waals surface area contributed by atoms with Gasteiger partial charge in [-0.25, -0.2) is 19.6 Å². The van der Waals surface area contributed by atoms with E-state index in [1.165, 1.54) is 0 Å². The molecular formula is C28H32ClN3O8. The molecule has 4 amide bonds. The van der Waals surface area contributed by atoms with Gasteiger partial charge in [0.15, 0.2) is 0 Å². The van der Waals surface area contributed by atoms with Gasteiger partial charge >= 0.3 is 17.4 Å². The topological polar surface area (TPSA) is 134 Å². The Morgan fingerprint density at radius 3 is 2.20 bits per heavy atom. The number of carbonyl (C=O) groups excluding carboxylic acids is 4. The van der Waals surface area contributed by atoms with E-state index in [2.05, 4.69) is 0 Å². The van der Waals surface area contributed by atoms with Gasteiger partial charge in [-0.05, 0) is 62.6 Å². The third-order valence-corrected chi connectivity index (χ3v) is 8.35. The van der Waals surface area contributed by atoms with Gasteiger partial charge in [-0.2, -0.15) is 0 Å². The number of hydrogen-bond acceptors (Lipinski definition) is 7. The Bertz CT molecular complexity index is 1230. The highest BCUT2D eigenvalue weighted by Crippen LogP contribution is 2.55. The predicted molar refractivity (Wildman–Crippen MR) is 140 cm³/mol. The number of imide groups is 1. The minimum absolute atomic E-state index is 0.00541. The lowest BCUT2D eigenvalue weighted by Gasteiger charge is -2.50. The summed E-state index contributed by atoms with van der Waals surface area (Å²) in [4.78, 5) is 74.0.